The predicted octanol–water partition coefficient (Wildman–Crippen LogP) is 2.62. The molecule has 4 rings (SSSR count). The van der Waals surface area contributed by atoms with Gasteiger partial charge in [0.15, 0.2) is 0 Å². The van der Waals surface area contributed by atoms with E-state index in [2.05, 4.69) is 29.4 Å². The summed E-state index contributed by atoms with van der Waals surface area (Å²) < 4.78 is 12.1. The van der Waals surface area contributed by atoms with Crippen molar-refractivity contribution in [3.8, 4) is 0 Å². The molecule has 2 bridgehead atoms. The molecule has 0 radical (unpaired) electrons. The molecular formula is C18H25ClN2O2. The van der Waals surface area contributed by atoms with E-state index in [-0.39, 0.29) is 12.1 Å². The summed E-state index contributed by atoms with van der Waals surface area (Å²) in [5, 5.41) is 4.63. The van der Waals surface area contributed by atoms with Gasteiger partial charge in [-0.2, -0.15) is 0 Å². The summed E-state index contributed by atoms with van der Waals surface area (Å²) in [5.74, 6) is 0. The van der Waals surface area contributed by atoms with Gasteiger partial charge in [-0.3, -0.25) is 0 Å². The number of fused-ring (bicyclic) bond motifs is 2. The molecule has 0 aromatic heterocycles. The van der Waals surface area contributed by atoms with Crippen molar-refractivity contribution in [1.82, 2.24) is 10.2 Å². The molecule has 3 heterocycles. The highest BCUT2D eigenvalue weighted by Crippen LogP contribution is 2.36. The van der Waals surface area contributed by atoms with Gasteiger partial charge in [-0.1, -0.05) is 23.7 Å². The molecule has 1 aromatic carbocycles. The fraction of sp³-hybridized carbons (Fsp3) is 0.667. The van der Waals surface area contributed by atoms with Gasteiger partial charge in [-0.25, -0.2) is 0 Å². The van der Waals surface area contributed by atoms with Crippen LogP contribution in [0.3, 0.4) is 0 Å². The second-order valence-electron chi connectivity index (χ2n) is 7.08. The van der Waals surface area contributed by atoms with Gasteiger partial charge >= 0.3 is 0 Å². The van der Waals surface area contributed by atoms with E-state index < -0.39 is 0 Å². The zero-order valence-corrected chi connectivity index (χ0v) is 14.3. The van der Waals surface area contributed by atoms with Crippen LogP contribution in [0.5, 0.6) is 0 Å². The normalized spacial score (nSPS) is 35.6. The third kappa shape index (κ3) is 3.42. The number of ether oxygens (including phenoxy) is 2. The molecule has 5 heteroatoms. The first-order valence-electron chi connectivity index (χ1n) is 8.66. The third-order valence-electron chi connectivity index (χ3n) is 5.40. The molecule has 3 saturated heterocycles. The van der Waals surface area contributed by atoms with Gasteiger partial charge in [0.2, 0.25) is 0 Å². The number of likely N-dealkylation sites (N-methyl/N-ethyl adjacent to an activating group) is 1. The maximum atomic E-state index is 6.11. The molecule has 3 aliphatic heterocycles. The van der Waals surface area contributed by atoms with Crippen LogP contribution < -0.4 is 5.32 Å². The maximum Gasteiger partial charge on any atom is 0.0896 e. The molecule has 3 aliphatic rings. The zero-order valence-electron chi connectivity index (χ0n) is 13.6. The van der Waals surface area contributed by atoms with E-state index in [9.17, 15) is 0 Å². The van der Waals surface area contributed by atoms with E-state index >= 15 is 0 Å². The van der Waals surface area contributed by atoms with Crippen LogP contribution >= 0.6 is 11.6 Å². The summed E-state index contributed by atoms with van der Waals surface area (Å²) >= 11 is 6.07. The van der Waals surface area contributed by atoms with E-state index in [4.69, 9.17) is 21.1 Å². The molecule has 0 unspecified atom stereocenters. The van der Waals surface area contributed by atoms with Crippen LogP contribution in [0.25, 0.3) is 0 Å². The molecular weight excluding hydrogens is 312 g/mol. The lowest BCUT2D eigenvalue weighted by Gasteiger charge is -2.38. The molecule has 5 atom stereocenters. The second-order valence-corrected chi connectivity index (χ2v) is 7.52. The van der Waals surface area contributed by atoms with Crippen LogP contribution in [0.2, 0.25) is 5.02 Å². The average molecular weight is 337 g/mol. The quantitative estimate of drug-likeness (QED) is 0.916. The minimum Gasteiger partial charge on any atom is -0.374 e. The van der Waals surface area contributed by atoms with Crippen LogP contribution in [0.1, 0.15) is 30.9 Å². The number of benzene rings is 1. The number of morpholine rings is 1. The summed E-state index contributed by atoms with van der Waals surface area (Å²) in [6.07, 6.45) is 4.51. The Hall–Kier alpha value is -0.650. The van der Waals surface area contributed by atoms with Crippen LogP contribution in [0.15, 0.2) is 24.3 Å². The Morgan fingerprint density at radius 3 is 2.74 bits per heavy atom. The topological polar surface area (TPSA) is 33.7 Å². The van der Waals surface area contributed by atoms with Crippen LogP contribution in [0.4, 0.5) is 0 Å². The summed E-state index contributed by atoms with van der Waals surface area (Å²) in [4.78, 5) is 2.34. The monoisotopic (exact) mass is 336 g/mol. The molecule has 0 saturated carbocycles. The van der Waals surface area contributed by atoms with E-state index in [0.717, 1.165) is 31.1 Å². The Bertz CT molecular complexity index is 538. The SMILES string of the molecule is CN1CCO[C@H]([C@@H](N[C@H]2C[C@H]3CC[C@H]2O3)c2ccc(Cl)cc2)C1. The summed E-state index contributed by atoms with van der Waals surface area (Å²) in [6.45, 7) is 2.74. The highest BCUT2D eigenvalue weighted by Gasteiger charge is 2.42. The Labute approximate surface area is 143 Å². The van der Waals surface area contributed by atoms with Crippen molar-refractivity contribution < 1.29 is 9.47 Å². The minimum atomic E-state index is 0.161. The van der Waals surface area contributed by atoms with Gasteiger partial charge in [0.05, 0.1) is 31.0 Å². The zero-order chi connectivity index (χ0) is 15.8. The number of nitrogens with one attached hydrogen (secondary N) is 1. The van der Waals surface area contributed by atoms with Gasteiger partial charge in [-0.15, -0.1) is 0 Å². The number of hydrogen-bond acceptors (Lipinski definition) is 4. The minimum absolute atomic E-state index is 0.161. The number of rotatable bonds is 4. The Kier molecular flexibility index (Phi) is 4.61. The van der Waals surface area contributed by atoms with Crippen molar-refractivity contribution in [2.24, 2.45) is 0 Å². The molecule has 1 N–H and O–H groups in total. The van der Waals surface area contributed by atoms with Gasteiger partial charge < -0.3 is 19.7 Å². The van der Waals surface area contributed by atoms with Crippen molar-refractivity contribution in [3.63, 3.8) is 0 Å². The maximum absolute atomic E-state index is 6.11. The molecule has 23 heavy (non-hydrogen) atoms. The first-order chi connectivity index (χ1) is 11.2. The van der Waals surface area contributed by atoms with Crippen molar-refractivity contribution in [2.75, 3.05) is 26.7 Å². The summed E-state index contributed by atoms with van der Waals surface area (Å²) in [5.41, 5.74) is 1.25. The lowest BCUT2D eigenvalue weighted by atomic mass is 9.92. The van der Waals surface area contributed by atoms with E-state index in [0.29, 0.717) is 18.2 Å². The standard InChI is InChI=1S/C18H25ClN2O2/c1-21-8-9-22-17(11-21)18(12-2-4-13(19)5-3-12)20-15-10-14-6-7-16(15)23-14/h2-5,14-18,20H,6-11H2,1H3/t14-,15+,16-,17+,18+/m1/s1. The lowest BCUT2D eigenvalue weighted by Crippen LogP contribution is -2.50. The highest BCUT2D eigenvalue weighted by molar-refractivity contribution is 6.30. The van der Waals surface area contributed by atoms with Crippen LogP contribution in [-0.4, -0.2) is 56.0 Å². The fourth-order valence-electron chi connectivity index (χ4n) is 4.14. The van der Waals surface area contributed by atoms with E-state index in [1.165, 1.54) is 18.4 Å². The second kappa shape index (κ2) is 6.69. The molecule has 1 aromatic rings. The predicted molar refractivity (Wildman–Crippen MR) is 90.9 cm³/mol. The summed E-state index contributed by atoms with van der Waals surface area (Å²) in [7, 11) is 2.16. The number of nitrogens with zero attached hydrogens (tertiary/aromatic N) is 1. The number of halogens is 1. The van der Waals surface area contributed by atoms with E-state index in [1.807, 2.05) is 12.1 Å². The first kappa shape index (κ1) is 15.9. The third-order valence-corrected chi connectivity index (χ3v) is 5.65. The Morgan fingerprint density at radius 1 is 1.26 bits per heavy atom. The Morgan fingerprint density at radius 2 is 2.09 bits per heavy atom. The van der Waals surface area contributed by atoms with Crippen LogP contribution in [0, 0.1) is 0 Å². The van der Waals surface area contributed by atoms with Gasteiger partial charge in [0, 0.05) is 24.2 Å². The fourth-order valence-corrected chi connectivity index (χ4v) is 4.27. The number of hydrogen-bond donors (Lipinski definition) is 1. The van der Waals surface area contributed by atoms with E-state index in [1.54, 1.807) is 0 Å². The smallest absolute Gasteiger partial charge is 0.0896 e. The molecule has 4 nitrogen and oxygen atoms in total. The largest absolute Gasteiger partial charge is 0.374 e. The Balaban J connectivity index is 1.54. The summed E-state index contributed by atoms with van der Waals surface area (Å²) in [6, 6.07) is 8.79. The molecule has 126 valence electrons. The molecule has 0 spiro atoms. The van der Waals surface area contributed by atoms with Crippen molar-refractivity contribution >= 4 is 11.6 Å². The lowest BCUT2D eigenvalue weighted by molar-refractivity contribution is -0.0426. The van der Waals surface area contributed by atoms with Crippen LogP contribution in [-0.2, 0) is 9.47 Å². The average Bonchev–Trinajstić information content (AvgIpc) is 3.16. The van der Waals surface area contributed by atoms with Gasteiger partial charge in [0.25, 0.3) is 0 Å². The van der Waals surface area contributed by atoms with Crippen molar-refractivity contribution in [2.45, 2.75) is 49.7 Å². The first-order valence-corrected chi connectivity index (χ1v) is 9.04. The van der Waals surface area contributed by atoms with Crippen molar-refractivity contribution in [1.29, 1.82) is 0 Å². The highest BCUT2D eigenvalue weighted by atomic mass is 35.5. The molecule has 0 aliphatic carbocycles. The van der Waals surface area contributed by atoms with Crippen molar-refractivity contribution in [3.05, 3.63) is 34.9 Å². The van der Waals surface area contributed by atoms with Gasteiger partial charge in [-0.05, 0) is 44.0 Å². The molecule has 0 amide bonds. The molecule has 3 fully saturated rings. The van der Waals surface area contributed by atoms with Gasteiger partial charge in [0.1, 0.15) is 0 Å².